The molecule has 2 saturated heterocycles. The van der Waals surface area contributed by atoms with Crippen molar-refractivity contribution in [2.75, 3.05) is 26.2 Å². The van der Waals surface area contributed by atoms with Crippen LogP contribution in [0.25, 0.3) is 0 Å². The van der Waals surface area contributed by atoms with Crippen LogP contribution in [0.4, 0.5) is 0 Å². The Kier molecular flexibility index (Phi) is 4.63. The van der Waals surface area contributed by atoms with Crippen LogP contribution in [0.2, 0.25) is 5.02 Å². The number of hydrogen-bond acceptors (Lipinski definition) is 3. The molecule has 1 aromatic carbocycles. The Morgan fingerprint density at radius 3 is 3.05 bits per heavy atom. The first-order chi connectivity index (χ1) is 10.1. The molecule has 0 amide bonds. The van der Waals surface area contributed by atoms with Gasteiger partial charge in [-0.2, -0.15) is 0 Å². The smallest absolute Gasteiger partial charge is 0.164 e. The SMILES string of the molecule is CC1CN2CCCC2CN1CCC(=O)c1cccc(Cl)c1. The maximum atomic E-state index is 12.3. The van der Waals surface area contributed by atoms with E-state index in [1.807, 2.05) is 12.1 Å². The maximum absolute atomic E-state index is 12.3. The highest BCUT2D eigenvalue weighted by Gasteiger charge is 2.34. The summed E-state index contributed by atoms with van der Waals surface area (Å²) in [6.45, 7) is 6.65. The van der Waals surface area contributed by atoms with Crippen LogP contribution in [-0.2, 0) is 0 Å². The molecule has 21 heavy (non-hydrogen) atoms. The van der Waals surface area contributed by atoms with Crippen LogP contribution in [0.5, 0.6) is 0 Å². The molecule has 0 aromatic heterocycles. The number of fused-ring (bicyclic) bond motifs is 1. The highest BCUT2D eigenvalue weighted by Crippen LogP contribution is 2.24. The number of nitrogens with zero attached hydrogens (tertiary/aromatic N) is 2. The second kappa shape index (κ2) is 6.47. The second-order valence-corrected chi connectivity index (χ2v) is 6.75. The summed E-state index contributed by atoms with van der Waals surface area (Å²) >= 11 is 5.95. The molecule has 3 rings (SSSR count). The number of ketones is 1. The third-order valence-corrected chi connectivity index (χ3v) is 5.07. The van der Waals surface area contributed by atoms with Crippen molar-refractivity contribution in [1.29, 1.82) is 0 Å². The zero-order valence-electron chi connectivity index (χ0n) is 12.6. The molecule has 0 bridgehead atoms. The third kappa shape index (κ3) is 3.47. The van der Waals surface area contributed by atoms with Gasteiger partial charge < -0.3 is 0 Å². The van der Waals surface area contributed by atoms with Crippen LogP contribution in [0.15, 0.2) is 24.3 Å². The summed E-state index contributed by atoms with van der Waals surface area (Å²) in [7, 11) is 0. The Morgan fingerprint density at radius 1 is 1.38 bits per heavy atom. The molecule has 2 atom stereocenters. The van der Waals surface area contributed by atoms with Crippen molar-refractivity contribution < 1.29 is 4.79 Å². The monoisotopic (exact) mass is 306 g/mol. The first-order valence-electron chi connectivity index (χ1n) is 7.90. The number of Topliss-reactive ketones (excluding diaryl/α,β-unsaturated/α-hetero) is 1. The molecule has 114 valence electrons. The Morgan fingerprint density at radius 2 is 2.24 bits per heavy atom. The minimum atomic E-state index is 0.193. The first-order valence-corrected chi connectivity index (χ1v) is 8.28. The Bertz CT molecular complexity index is 519. The number of rotatable bonds is 4. The number of carbonyl (C=O) groups is 1. The molecule has 3 nitrogen and oxygen atoms in total. The molecule has 2 aliphatic rings. The highest BCUT2D eigenvalue weighted by atomic mass is 35.5. The standard InChI is InChI=1S/C17H23ClN2O/c1-13-11-20-8-3-6-16(20)12-19(13)9-7-17(21)14-4-2-5-15(18)10-14/h2,4-5,10,13,16H,3,6-9,11-12H2,1H3. The Balaban J connectivity index is 1.56. The summed E-state index contributed by atoms with van der Waals surface area (Å²) in [5.41, 5.74) is 0.731. The minimum absolute atomic E-state index is 0.193. The van der Waals surface area contributed by atoms with Crippen molar-refractivity contribution in [2.45, 2.75) is 38.3 Å². The van der Waals surface area contributed by atoms with Crippen molar-refractivity contribution in [3.63, 3.8) is 0 Å². The quantitative estimate of drug-likeness (QED) is 0.799. The molecule has 1 aromatic rings. The van der Waals surface area contributed by atoms with Gasteiger partial charge in [0, 0.05) is 48.7 Å². The lowest BCUT2D eigenvalue weighted by molar-refractivity contribution is 0.0567. The van der Waals surface area contributed by atoms with Gasteiger partial charge in [-0.3, -0.25) is 14.6 Å². The molecule has 0 spiro atoms. The van der Waals surface area contributed by atoms with Gasteiger partial charge in [-0.25, -0.2) is 0 Å². The number of halogens is 1. The molecule has 2 aliphatic heterocycles. The summed E-state index contributed by atoms with van der Waals surface area (Å²) < 4.78 is 0. The number of hydrogen-bond donors (Lipinski definition) is 0. The predicted octanol–water partition coefficient (Wildman–Crippen LogP) is 3.08. The number of piperazine rings is 1. The van der Waals surface area contributed by atoms with Crippen LogP contribution in [0.1, 0.15) is 36.5 Å². The maximum Gasteiger partial charge on any atom is 0.164 e. The zero-order chi connectivity index (χ0) is 14.8. The van der Waals surface area contributed by atoms with E-state index in [1.165, 1.54) is 19.4 Å². The van der Waals surface area contributed by atoms with Gasteiger partial charge in [0.2, 0.25) is 0 Å². The van der Waals surface area contributed by atoms with E-state index >= 15 is 0 Å². The molecule has 2 heterocycles. The normalized spacial score (nSPS) is 26.8. The van der Waals surface area contributed by atoms with Crippen LogP contribution >= 0.6 is 11.6 Å². The lowest BCUT2D eigenvalue weighted by Crippen LogP contribution is -2.55. The van der Waals surface area contributed by atoms with E-state index in [-0.39, 0.29) is 5.78 Å². The van der Waals surface area contributed by atoms with Gasteiger partial charge >= 0.3 is 0 Å². The van der Waals surface area contributed by atoms with Crippen LogP contribution in [0, 0.1) is 0 Å². The topological polar surface area (TPSA) is 23.6 Å². The third-order valence-electron chi connectivity index (χ3n) is 4.84. The lowest BCUT2D eigenvalue weighted by Gasteiger charge is -2.42. The summed E-state index contributed by atoms with van der Waals surface area (Å²) in [6, 6.07) is 8.53. The minimum Gasteiger partial charge on any atom is -0.298 e. The van der Waals surface area contributed by atoms with Gasteiger partial charge in [-0.05, 0) is 38.4 Å². The molecule has 0 N–H and O–H groups in total. The van der Waals surface area contributed by atoms with Gasteiger partial charge in [-0.15, -0.1) is 0 Å². The fourth-order valence-electron chi connectivity index (χ4n) is 3.61. The van der Waals surface area contributed by atoms with Crippen molar-refractivity contribution in [3.8, 4) is 0 Å². The van der Waals surface area contributed by atoms with Crippen molar-refractivity contribution >= 4 is 17.4 Å². The van der Waals surface area contributed by atoms with E-state index < -0.39 is 0 Å². The number of benzene rings is 1. The molecule has 2 unspecified atom stereocenters. The van der Waals surface area contributed by atoms with Crippen LogP contribution in [0.3, 0.4) is 0 Å². The van der Waals surface area contributed by atoms with E-state index in [0.717, 1.165) is 25.2 Å². The number of carbonyl (C=O) groups excluding carboxylic acids is 1. The average Bonchev–Trinajstić information content (AvgIpc) is 2.91. The van der Waals surface area contributed by atoms with Crippen molar-refractivity contribution in [1.82, 2.24) is 9.80 Å². The molecule has 4 heteroatoms. The van der Waals surface area contributed by atoms with Gasteiger partial charge in [0.05, 0.1) is 0 Å². The van der Waals surface area contributed by atoms with Crippen LogP contribution < -0.4 is 0 Å². The molecule has 0 radical (unpaired) electrons. The summed E-state index contributed by atoms with van der Waals surface area (Å²) in [5, 5.41) is 0.633. The largest absolute Gasteiger partial charge is 0.298 e. The van der Waals surface area contributed by atoms with Gasteiger partial charge in [-0.1, -0.05) is 23.7 Å². The lowest BCUT2D eigenvalue weighted by atomic mass is 10.1. The molecule has 0 aliphatic carbocycles. The zero-order valence-corrected chi connectivity index (χ0v) is 13.4. The fourth-order valence-corrected chi connectivity index (χ4v) is 3.80. The molecule has 2 fully saturated rings. The van der Waals surface area contributed by atoms with Crippen LogP contribution in [-0.4, -0.2) is 53.8 Å². The fraction of sp³-hybridized carbons (Fsp3) is 0.588. The Hall–Kier alpha value is -0.900. The van der Waals surface area contributed by atoms with Gasteiger partial charge in [0.25, 0.3) is 0 Å². The summed E-state index contributed by atoms with van der Waals surface area (Å²) in [4.78, 5) is 17.4. The van der Waals surface area contributed by atoms with E-state index in [0.29, 0.717) is 23.5 Å². The molecular formula is C17H23ClN2O. The van der Waals surface area contributed by atoms with Gasteiger partial charge in [0.1, 0.15) is 0 Å². The summed E-state index contributed by atoms with van der Waals surface area (Å²) in [5.74, 6) is 0.193. The van der Waals surface area contributed by atoms with E-state index in [9.17, 15) is 4.79 Å². The van der Waals surface area contributed by atoms with E-state index in [4.69, 9.17) is 11.6 Å². The van der Waals surface area contributed by atoms with E-state index in [2.05, 4.69) is 16.7 Å². The predicted molar refractivity (Wildman–Crippen MR) is 86.0 cm³/mol. The highest BCUT2D eigenvalue weighted by molar-refractivity contribution is 6.31. The first kappa shape index (κ1) is 15.0. The summed E-state index contributed by atoms with van der Waals surface area (Å²) in [6.07, 6.45) is 3.22. The Labute approximate surface area is 131 Å². The molecular weight excluding hydrogens is 284 g/mol. The van der Waals surface area contributed by atoms with Crippen molar-refractivity contribution in [3.05, 3.63) is 34.9 Å². The molecule has 0 saturated carbocycles. The van der Waals surface area contributed by atoms with E-state index in [1.54, 1.807) is 12.1 Å². The van der Waals surface area contributed by atoms with Gasteiger partial charge in [0.15, 0.2) is 5.78 Å². The van der Waals surface area contributed by atoms with Crippen molar-refractivity contribution in [2.24, 2.45) is 0 Å². The average molecular weight is 307 g/mol. The second-order valence-electron chi connectivity index (χ2n) is 6.32.